The van der Waals surface area contributed by atoms with E-state index < -0.39 is 0 Å². The summed E-state index contributed by atoms with van der Waals surface area (Å²) in [4.78, 5) is 4.33. The van der Waals surface area contributed by atoms with Crippen LogP contribution in [0.5, 0.6) is 5.75 Å². The normalized spacial score (nSPS) is 19.3. The van der Waals surface area contributed by atoms with Crippen LogP contribution in [0.4, 0.5) is 0 Å². The molecule has 2 atom stereocenters. The number of hydrogen-bond donors (Lipinski definition) is 1. The first-order valence-corrected chi connectivity index (χ1v) is 7.07. The van der Waals surface area contributed by atoms with Gasteiger partial charge in [-0.1, -0.05) is 18.2 Å². The molecule has 3 rings (SSSR count). The smallest absolute Gasteiger partial charge is 0.122 e. The Labute approximate surface area is 111 Å². The number of benzene rings is 1. The van der Waals surface area contributed by atoms with E-state index >= 15 is 0 Å². The van der Waals surface area contributed by atoms with Gasteiger partial charge >= 0.3 is 0 Å². The zero-order valence-corrected chi connectivity index (χ0v) is 11.1. The Bertz CT molecular complexity index is 512. The molecule has 2 aromatic rings. The summed E-state index contributed by atoms with van der Waals surface area (Å²) >= 11 is 1.69. The average Bonchev–Trinajstić information content (AvgIpc) is 3.06. The molecule has 4 heteroatoms. The number of para-hydroxylation sites is 1. The standard InChI is InChI=1S/C14H16N2OS/c1-10(14-15-6-7-18-14)16-8-11-9-17-13-5-3-2-4-12(11)13/h2-7,10-11,16H,8-9H2,1H3. The third-order valence-corrected chi connectivity index (χ3v) is 4.25. The molecule has 0 radical (unpaired) electrons. The molecule has 3 nitrogen and oxygen atoms in total. The van der Waals surface area contributed by atoms with Crippen molar-refractivity contribution in [3.05, 3.63) is 46.4 Å². The lowest BCUT2D eigenvalue weighted by Crippen LogP contribution is -2.25. The molecule has 1 aromatic carbocycles. The minimum Gasteiger partial charge on any atom is -0.493 e. The van der Waals surface area contributed by atoms with Crippen LogP contribution < -0.4 is 10.1 Å². The Morgan fingerprint density at radius 2 is 2.39 bits per heavy atom. The van der Waals surface area contributed by atoms with Crippen molar-refractivity contribution >= 4 is 11.3 Å². The average molecular weight is 260 g/mol. The van der Waals surface area contributed by atoms with Crippen LogP contribution in [0.1, 0.15) is 29.5 Å². The minimum absolute atomic E-state index is 0.303. The quantitative estimate of drug-likeness (QED) is 0.917. The van der Waals surface area contributed by atoms with Crippen LogP contribution in [0.15, 0.2) is 35.8 Å². The van der Waals surface area contributed by atoms with Crippen LogP contribution in [0.3, 0.4) is 0 Å². The number of rotatable bonds is 4. The number of thiazole rings is 1. The third-order valence-electron chi connectivity index (χ3n) is 3.29. The second-order valence-electron chi connectivity index (χ2n) is 4.55. The fraction of sp³-hybridized carbons (Fsp3) is 0.357. The van der Waals surface area contributed by atoms with Crippen molar-refractivity contribution in [3.8, 4) is 5.75 Å². The van der Waals surface area contributed by atoms with Crippen LogP contribution in [0, 0.1) is 0 Å². The highest BCUT2D eigenvalue weighted by molar-refractivity contribution is 7.09. The first-order chi connectivity index (χ1) is 8.84. The van der Waals surface area contributed by atoms with E-state index in [1.54, 1.807) is 11.3 Å². The first kappa shape index (κ1) is 11.7. The van der Waals surface area contributed by atoms with Crippen molar-refractivity contribution in [1.29, 1.82) is 0 Å². The zero-order chi connectivity index (χ0) is 12.4. The Balaban J connectivity index is 1.62. The largest absolute Gasteiger partial charge is 0.493 e. The summed E-state index contributed by atoms with van der Waals surface area (Å²) in [5, 5.41) is 6.69. The Kier molecular flexibility index (Phi) is 3.30. The number of ether oxygens (including phenoxy) is 1. The molecular formula is C14H16N2OS. The summed E-state index contributed by atoms with van der Waals surface area (Å²) in [6, 6.07) is 8.60. The van der Waals surface area contributed by atoms with Crippen molar-refractivity contribution in [2.45, 2.75) is 18.9 Å². The zero-order valence-electron chi connectivity index (χ0n) is 10.3. The number of nitrogens with zero attached hydrogens (tertiary/aromatic N) is 1. The van der Waals surface area contributed by atoms with Crippen LogP contribution in [-0.4, -0.2) is 18.1 Å². The number of aromatic nitrogens is 1. The van der Waals surface area contributed by atoms with Crippen molar-refractivity contribution < 1.29 is 4.74 Å². The maximum absolute atomic E-state index is 5.68. The molecule has 1 aliphatic rings. The van der Waals surface area contributed by atoms with E-state index in [0.29, 0.717) is 12.0 Å². The van der Waals surface area contributed by atoms with Gasteiger partial charge < -0.3 is 10.1 Å². The summed E-state index contributed by atoms with van der Waals surface area (Å²) in [5.41, 5.74) is 1.32. The maximum Gasteiger partial charge on any atom is 0.122 e. The van der Waals surface area contributed by atoms with Gasteiger partial charge in [0.25, 0.3) is 0 Å². The van der Waals surface area contributed by atoms with Crippen LogP contribution in [0.25, 0.3) is 0 Å². The molecule has 0 saturated heterocycles. The first-order valence-electron chi connectivity index (χ1n) is 6.19. The molecule has 0 saturated carbocycles. The molecule has 1 aliphatic heterocycles. The summed E-state index contributed by atoms with van der Waals surface area (Å²) in [7, 11) is 0. The summed E-state index contributed by atoms with van der Waals surface area (Å²) in [6.07, 6.45) is 1.85. The van der Waals surface area contributed by atoms with Crippen molar-refractivity contribution in [2.75, 3.05) is 13.2 Å². The van der Waals surface area contributed by atoms with Gasteiger partial charge in [-0.2, -0.15) is 0 Å². The number of hydrogen-bond acceptors (Lipinski definition) is 4. The van der Waals surface area contributed by atoms with Gasteiger partial charge in [-0.15, -0.1) is 11.3 Å². The molecule has 0 fully saturated rings. The lowest BCUT2D eigenvalue weighted by atomic mass is 10.0. The Morgan fingerprint density at radius 1 is 1.50 bits per heavy atom. The van der Waals surface area contributed by atoms with Gasteiger partial charge in [-0.3, -0.25) is 0 Å². The number of fused-ring (bicyclic) bond motifs is 1. The highest BCUT2D eigenvalue weighted by Crippen LogP contribution is 2.33. The highest BCUT2D eigenvalue weighted by Gasteiger charge is 2.23. The molecule has 0 spiro atoms. The molecule has 18 heavy (non-hydrogen) atoms. The SMILES string of the molecule is CC(NCC1COc2ccccc21)c1nccs1. The topological polar surface area (TPSA) is 34.1 Å². The monoisotopic (exact) mass is 260 g/mol. The van der Waals surface area contributed by atoms with E-state index in [0.717, 1.165) is 23.9 Å². The Morgan fingerprint density at radius 3 is 3.22 bits per heavy atom. The van der Waals surface area contributed by atoms with Crippen molar-refractivity contribution in [2.24, 2.45) is 0 Å². The molecule has 0 bridgehead atoms. The van der Waals surface area contributed by atoms with Crippen LogP contribution in [-0.2, 0) is 0 Å². The molecule has 0 amide bonds. The molecule has 1 aromatic heterocycles. The van der Waals surface area contributed by atoms with Crippen molar-refractivity contribution in [3.63, 3.8) is 0 Å². The molecular weight excluding hydrogens is 244 g/mol. The van der Waals surface area contributed by atoms with E-state index in [2.05, 4.69) is 29.4 Å². The lowest BCUT2D eigenvalue weighted by molar-refractivity contribution is 0.323. The molecule has 94 valence electrons. The van der Waals surface area contributed by atoms with Crippen molar-refractivity contribution in [1.82, 2.24) is 10.3 Å². The van der Waals surface area contributed by atoms with E-state index in [4.69, 9.17) is 4.74 Å². The van der Waals surface area contributed by atoms with E-state index in [-0.39, 0.29) is 0 Å². The summed E-state index contributed by atoms with van der Waals surface area (Å²) in [5.74, 6) is 1.48. The van der Waals surface area contributed by atoms with Gasteiger partial charge in [0.05, 0.1) is 12.6 Å². The number of nitrogens with one attached hydrogen (secondary N) is 1. The van der Waals surface area contributed by atoms with Crippen LogP contribution in [0.2, 0.25) is 0 Å². The fourth-order valence-corrected chi connectivity index (χ4v) is 2.92. The van der Waals surface area contributed by atoms with Crippen LogP contribution >= 0.6 is 11.3 Å². The van der Waals surface area contributed by atoms with Gasteiger partial charge in [0.1, 0.15) is 10.8 Å². The minimum atomic E-state index is 0.303. The predicted octanol–water partition coefficient (Wildman–Crippen LogP) is 2.97. The summed E-state index contributed by atoms with van der Waals surface area (Å²) in [6.45, 7) is 3.86. The van der Waals surface area contributed by atoms with E-state index in [1.807, 2.05) is 23.7 Å². The van der Waals surface area contributed by atoms with Gasteiger partial charge in [-0.25, -0.2) is 4.98 Å². The second kappa shape index (κ2) is 5.08. The molecule has 1 N–H and O–H groups in total. The highest BCUT2D eigenvalue weighted by atomic mass is 32.1. The molecule has 0 aliphatic carbocycles. The van der Waals surface area contributed by atoms with E-state index in [1.165, 1.54) is 5.56 Å². The molecule has 2 heterocycles. The summed E-state index contributed by atoms with van der Waals surface area (Å²) < 4.78 is 5.68. The van der Waals surface area contributed by atoms with E-state index in [9.17, 15) is 0 Å². The lowest BCUT2D eigenvalue weighted by Gasteiger charge is -2.14. The van der Waals surface area contributed by atoms with Gasteiger partial charge in [0.2, 0.25) is 0 Å². The second-order valence-corrected chi connectivity index (χ2v) is 5.47. The maximum atomic E-state index is 5.68. The van der Waals surface area contributed by atoms with Gasteiger partial charge in [-0.05, 0) is 13.0 Å². The van der Waals surface area contributed by atoms with Gasteiger partial charge in [0.15, 0.2) is 0 Å². The Hall–Kier alpha value is -1.39. The third kappa shape index (κ3) is 2.26. The van der Waals surface area contributed by atoms with Gasteiger partial charge in [0, 0.05) is 29.6 Å². The predicted molar refractivity (Wildman–Crippen MR) is 73.2 cm³/mol. The molecule has 2 unspecified atom stereocenters. The fourth-order valence-electron chi connectivity index (χ4n) is 2.25.